The van der Waals surface area contributed by atoms with Crippen molar-refractivity contribution in [3.05, 3.63) is 63.1 Å². The van der Waals surface area contributed by atoms with E-state index in [1.54, 1.807) is 12.1 Å². The summed E-state index contributed by atoms with van der Waals surface area (Å²) in [6, 6.07) is 13.1. The lowest BCUT2D eigenvalue weighted by Gasteiger charge is -2.11. The van der Waals surface area contributed by atoms with E-state index in [4.69, 9.17) is 45.4 Å². The van der Waals surface area contributed by atoms with Crippen molar-refractivity contribution in [3.63, 3.8) is 0 Å². The van der Waals surface area contributed by atoms with Crippen molar-refractivity contribution in [1.29, 1.82) is 5.26 Å². The van der Waals surface area contributed by atoms with Gasteiger partial charge >= 0.3 is 0 Å². The number of hydrogen-bond acceptors (Lipinski definition) is 4. The summed E-state index contributed by atoms with van der Waals surface area (Å²) in [5, 5.41) is 10.3. The van der Waals surface area contributed by atoms with Crippen molar-refractivity contribution in [2.45, 2.75) is 18.2 Å². The quantitative estimate of drug-likeness (QED) is 0.489. The zero-order valence-electron chi connectivity index (χ0n) is 12.3. The maximum atomic E-state index is 9.09. The monoisotopic (exact) mass is 381 g/mol. The molecule has 0 bridgehead atoms. The normalized spacial score (nSPS) is 10.2. The summed E-state index contributed by atoms with van der Waals surface area (Å²) in [6.45, 7) is 2.40. The second-order valence-corrected chi connectivity index (χ2v) is 7.19. The molecule has 23 heavy (non-hydrogen) atoms. The Balaban J connectivity index is 2.33. The highest BCUT2D eigenvalue weighted by molar-refractivity contribution is 8.22. The molecule has 0 heterocycles. The smallest absolute Gasteiger partial charge is 0.224 e. The van der Waals surface area contributed by atoms with Crippen LogP contribution in [0.1, 0.15) is 23.6 Å². The van der Waals surface area contributed by atoms with E-state index in [2.05, 4.69) is 6.07 Å². The van der Waals surface area contributed by atoms with Gasteiger partial charge in [-0.2, -0.15) is 5.26 Å². The second kappa shape index (κ2) is 8.56. The first-order valence-electron chi connectivity index (χ1n) is 6.84. The van der Waals surface area contributed by atoms with Crippen molar-refractivity contribution in [2.24, 2.45) is 0 Å². The lowest BCUT2D eigenvalue weighted by molar-refractivity contribution is 0.346. The van der Waals surface area contributed by atoms with Gasteiger partial charge in [-0.25, -0.2) is 0 Å². The Morgan fingerprint density at radius 2 is 1.91 bits per heavy atom. The van der Waals surface area contributed by atoms with Crippen molar-refractivity contribution in [3.8, 4) is 6.07 Å². The summed E-state index contributed by atoms with van der Waals surface area (Å²) < 4.78 is 5.77. The van der Waals surface area contributed by atoms with Crippen LogP contribution in [0.4, 0.5) is 0 Å². The van der Waals surface area contributed by atoms with Crippen molar-refractivity contribution < 1.29 is 4.74 Å². The zero-order valence-corrected chi connectivity index (χ0v) is 15.5. The van der Waals surface area contributed by atoms with Gasteiger partial charge in [-0.1, -0.05) is 29.3 Å². The fourth-order valence-electron chi connectivity index (χ4n) is 2.04. The maximum Gasteiger partial charge on any atom is 0.224 e. The van der Waals surface area contributed by atoms with E-state index in [9.17, 15) is 0 Å². The molecular formula is C17H13Cl2NOS2. The first kappa shape index (κ1) is 18.1. The van der Waals surface area contributed by atoms with E-state index >= 15 is 0 Å². The maximum absolute atomic E-state index is 9.09. The minimum Gasteiger partial charge on any atom is -0.479 e. The van der Waals surface area contributed by atoms with Gasteiger partial charge in [-0.3, -0.25) is 0 Å². The molecule has 0 atom stereocenters. The van der Waals surface area contributed by atoms with Crippen LogP contribution in [0, 0.1) is 11.3 Å². The van der Waals surface area contributed by atoms with Crippen LogP contribution < -0.4 is 0 Å². The van der Waals surface area contributed by atoms with Crippen LogP contribution in [0.15, 0.2) is 41.3 Å². The number of ether oxygens (including phenoxy) is 1. The minimum absolute atomic E-state index is 0.438. The highest BCUT2D eigenvalue weighted by atomic mass is 35.5. The molecule has 0 N–H and O–H groups in total. The van der Waals surface area contributed by atoms with Gasteiger partial charge in [-0.05, 0) is 78.8 Å². The average molecular weight is 382 g/mol. The minimum atomic E-state index is 0.438. The van der Waals surface area contributed by atoms with E-state index in [0.717, 1.165) is 16.0 Å². The van der Waals surface area contributed by atoms with Crippen LogP contribution in [0.25, 0.3) is 0 Å². The van der Waals surface area contributed by atoms with Gasteiger partial charge < -0.3 is 4.74 Å². The topological polar surface area (TPSA) is 33.0 Å². The van der Waals surface area contributed by atoms with Gasteiger partial charge in [0, 0.05) is 14.9 Å². The average Bonchev–Trinajstić information content (AvgIpc) is 2.48. The van der Waals surface area contributed by atoms with Gasteiger partial charge in [0.2, 0.25) is 4.38 Å². The zero-order chi connectivity index (χ0) is 16.8. The molecule has 0 aromatic heterocycles. The SMILES string of the molecule is CCOC(=S)Sc1cc(C#N)ccc1Cc1cc(Cl)cc(Cl)c1. The second-order valence-electron chi connectivity index (χ2n) is 4.67. The molecule has 0 aliphatic carbocycles. The summed E-state index contributed by atoms with van der Waals surface area (Å²) in [6.07, 6.45) is 0.642. The summed E-state index contributed by atoms with van der Waals surface area (Å²) in [5.74, 6) is 0. The molecule has 2 aromatic carbocycles. The third-order valence-corrected chi connectivity index (χ3v) is 4.66. The van der Waals surface area contributed by atoms with Gasteiger partial charge in [0.05, 0.1) is 18.2 Å². The molecule has 2 aromatic rings. The lowest BCUT2D eigenvalue weighted by Crippen LogP contribution is -1.99. The molecular weight excluding hydrogens is 369 g/mol. The molecule has 0 fully saturated rings. The molecule has 0 saturated heterocycles. The Morgan fingerprint density at radius 3 is 2.52 bits per heavy atom. The Bertz CT molecular complexity index is 751. The Hall–Kier alpha value is -1.25. The Morgan fingerprint density at radius 1 is 1.22 bits per heavy atom. The number of nitriles is 1. The van der Waals surface area contributed by atoms with Gasteiger partial charge in [0.25, 0.3) is 0 Å². The fourth-order valence-corrected chi connectivity index (χ4v) is 3.81. The van der Waals surface area contributed by atoms with Crippen LogP contribution in [0.3, 0.4) is 0 Å². The summed E-state index contributed by atoms with van der Waals surface area (Å²) in [5.41, 5.74) is 2.62. The number of hydrogen-bond donors (Lipinski definition) is 0. The summed E-state index contributed by atoms with van der Waals surface area (Å²) >= 11 is 18.7. The number of rotatable bonds is 4. The number of benzene rings is 2. The van der Waals surface area contributed by atoms with Crippen LogP contribution in [0.5, 0.6) is 0 Å². The summed E-state index contributed by atoms with van der Waals surface area (Å²) in [4.78, 5) is 0.901. The third-order valence-electron chi connectivity index (χ3n) is 2.97. The molecule has 0 unspecified atom stereocenters. The van der Waals surface area contributed by atoms with Crippen LogP contribution in [-0.2, 0) is 11.2 Å². The predicted molar refractivity (Wildman–Crippen MR) is 101 cm³/mol. The molecule has 0 spiro atoms. The molecule has 6 heteroatoms. The first-order chi connectivity index (χ1) is 11.0. The molecule has 0 amide bonds. The predicted octanol–water partition coefficient (Wildman–Crippen LogP) is 5.87. The van der Waals surface area contributed by atoms with E-state index in [-0.39, 0.29) is 0 Å². The van der Waals surface area contributed by atoms with Crippen LogP contribution in [-0.4, -0.2) is 11.0 Å². The Labute approximate surface area is 155 Å². The van der Waals surface area contributed by atoms with E-state index in [1.165, 1.54) is 11.8 Å². The van der Waals surface area contributed by atoms with Crippen LogP contribution >= 0.6 is 47.2 Å². The number of nitrogens with zero attached hydrogens (tertiary/aromatic N) is 1. The Kier molecular flexibility index (Phi) is 6.73. The largest absolute Gasteiger partial charge is 0.479 e. The van der Waals surface area contributed by atoms with Gasteiger partial charge in [0.1, 0.15) is 0 Å². The van der Waals surface area contributed by atoms with Crippen molar-refractivity contribution in [2.75, 3.05) is 6.61 Å². The first-order valence-corrected chi connectivity index (χ1v) is 8.82. The molecule has 0 aliphatic rings. The van der Waals surface area contributed by atoms with E-state index in [1.807, 2.05) is 31.2 Å². The molecule has 0 radical (unpaired) electrons. The third kappa shape index (κ3) is 5.40. The van der Waals surface area contributed by atoms with E-state index < -0.39 is 0 Å². The van der Waals surface area contributed by atoms with E-state index in [0.29, 0.717) is 33.0 Å². The standard InChI is InChI=1S/C17H13Cl2NOS2/c1-2-21-17(22)23-16-8-11(10-20)3-4-13(16)5-12-6-14(18)9-15(19)7-12/h3-4,6-9H,2,5H2,1H3. The summed E-state index contributed by atoms with van der Waals surface area (Å²) in [7, 11) is 0. The number of halogens is 2. The molecule has 0 aliphatic heterocycles. The fraction of sp³-hybridized carbons (Fsp3) is 0.176. The highest BCUT2D eigenvalue weighted by Crippen LogP contribution is 2.29. The van der Waals surface area contributed by atoms with Crippen molar-refractivity contribution >= 4 is 51.6 Å². The molecule has 2 nitrogen and oxygen atoms in total. The number of thioether (sulfide) groups is 1. The molecule has 0 saturated carbocycles. The lowest BCUT2D eigenvalue weighted by atomic mass is 10.0. The molecule has 2 rings (SSSR count). The number of thiocarbonyl (C=S) groups is 1. The van der Waals surface area contributed by atoms with Gasteiger partial charge in [0.15, 0.2) is 0 Å². The van der Waals surface area contributed by atoms with Crippen LogP contribution in [0.2, 0.25) is 10.0 Å². The van der Waals surface area contributed by atoms with Crippen molar-refractivity contribution in [1.82, 2.24) is 0 Å². The van der Waals surface area contributed by atoms with Gasteiger partial charge in [-0.15, -0.1) is 0 Å². The highest BCUT2D eigenvalue weighted by Gasteiger charge is 2.10. The molecule has 118 valence electrons.